The van der Waals surface area contributed by atoms with Gasteiger partial charge < -0.3 is 0 Å². The van der Waals surface area contributed by atoms with Gasteiger partial charge in [-0.15, -0.1) is 0 Å². The van der Waals surface area contributed by atoms with Gasteiger partial charge in [0.1, 0.15) is 0 Å². The summed E-state index contributed by atoms with van der Waals surface area (Å²) in [5.41, 5.74) is 2.45. The summed E-state index contributed by atoms with van der Waals surface area (Å²) in [5.74, 6) is 0. The van der Waals surface area contributed by atoms with Crippen molar-refractivity contribution in [3.05, 3.63) is 48.7 Å². The van der Waals surface area contributed by atoms with Gasteiger partial charge in [0.25, 0.3) is 0 Å². The maximum Gasteiger partial charge on any atom is 0.0754 e. The van der Waals surface area contributed by atoms with Crippen LogP contribution in [0, 0.1) is 0 Å². The summed E-state index contributed by atoms with van der Waals surface area (Å²) in [5, 5.41) is 1.28. The summed E-state index contributed by atoms with van der Waals surface area (Å²) in [6.45, 7) is 2.25. The minimum Gasteiger partial charge on any atom is -0.266 e. The molecule has 70 valence electrons. The van der Waals surface area contributed by atoms with E-state index in [0.717, 1.165) is 0 Å². The number of benzene rings is 1. The van der Waals surface area contributed by atoms with E-state index in [1.165, 1.54) is 16.4 Å². The minimum absolute atomic E-state index is 0.116. The van der Waals surface area contributed by atoms with Crippen molar-refractivity contribution in [2.45, 2.75) is 6.55 Å². The Morgan fingerprint density at radius 1 is 0.929 bits per heavy atom. The third-order valence-corrected chi connectivity index (χ3v) is 3.44. The van der Waals surface area contributed by atoms with Crippen molar-refractivity contribution in [3.8, 4) is 11.1 Å². The molecule has 0 amide bonds. The first-order chi connectivity index (χ1) is 6.90. The Hall–Kier alpha value is -1.41. The van der Waals surface area contributed by atoms with E-state index in [4.69, 9.17) is 0 Å². The largest absolute Gasteiger partial charge is 0.266 e. The molecule has 0 bridgehead atoms. The topological polar surface area (TPSA) is 12.9 Å². The molecule has 0 N–H and O–H groups in total. The standard InChI is InChI=1S/C12H13NSi/c1-14-12-8-7-11(9-13-12)10-5-3-2-4-6-10/h2-9H,14H2,1H3. The molecule has 0 spiro atoms. The molecule has 14 heavy (non-hydrogen) atoms. The van der Waals surface area contributed by atoms with Gasteiger partial charge in [-0.05, 0) is 17.2 Å². The predicted octanol–water partition coefficient (Wildman–Crippen LogP) is 1.59. The molecular weight excluding hydrogens is 186 g/mol. The fraction of sp³-hybridized carbons (Fsp3) is 0.0833. The Morgan fingerprint density at radius 3 is 2.29 bits per heavy atom. The summed E-state index contributed by atoms with van der Waals surface area (Å²) in [4.78, 5) is 4.44. The summed E-state index contributed by atoms with van der Waals surface area (Å²) in [6, 6.07) is 14.7. The van der Waals surface area contributed by atoms with Gasteiger partial charge in [-0.2, -0.15) is 0 Å². The van der Waals surface area contributed by atoms with Gasteiger partial charge in [-0.1, -0.05) is 42.9 Å². The van der Waals surface area contributed by atoms with Crippen molar-refractivity contribution in [1.29, 1.82) is 0 Å². The highest BCUT2D eigenvalue weighted by atomic mass is 28.2. The molecular formula is C12H13NSi. The maximum atomic E-state index is 4.44. The van der Waals surface area contributed by atoms with E-state index < -0.39 is 0 Å². The Labute approximate surface area is 86.6 Å². The van der Waals surface area contributed by atoms with Crippen LogP contribution in [-0.2, 0) is 0 Å². The Kier molecular flexibility index (Phi) is 2.75. The molecule has 0 atom stereocenters. The smallest absolute Gasteiger partial charge is 0.0754 e. The van der Waals surface area contributed by atoms with Crippen LogP contribution in [-0.4, -0.2) is 14.5 Å². The van der Waals surface area contributed by atoms with Gasteiger partial charge >= 0.3 is 0 Å². The van der Waals surface area contributed by atoms with Crippen molar-refractivity contribution in [2.24, 2.45) is 0 Å². The van der Waals surface area contributed by atoms with Gasteiger partial charge in [-0.3, -0.25) is 4.98 Å². The van der Waals surface area contributed by atoms with Gasteiger partial charge in [-0.25, -0.2) is 0 Å². The van der Waals surface area contributed by atoms with Crippen LogP contribution in [0.5, 0.6) is 0 Å². The molecule has 0 saturated carbocycles. The van der Waals surface area contributed by atoms with Crippen LogP contribution in [0.4, 0.5) is 0 Å². The lowest BCUT2D eigenvalue weighted by Crippen LogP contribution is -2.13. The molecule has 0 unspecified atom stereocenters. The highest BCUT2D eigenvalue weighted by Crippen LogP contribution is 2.15. The number of hydrogen-bond acceptors (Lipinski definition) is 1. The second-order valence-electron chi connectivity index (χ2n) is 3.26. The first-order valence-electron chi connectivity index (χ1n) is 4.90. The van der Waals surface area contributed by atoms with Crippen LogP contribution in [0.2, 0.25) is 6.55 Å². The lowest BCUT2D eigenvalue weighted by molar-refractivity contribution is 1.38. The fourth-order valence-corrected chi connectivity index (χ4v) is 2.06. The van der Waals surface area contributed by atoms with E-state index in [1.807, 2.05) is 12.3 Å². The zero-order valence-electron chi connectivity index (χ0n) is 8.27. The Balaban J connectivity index is 2.34. The predicted molar refractivity (Wildman–Crippen MR) is 63.7 cm³/mol. The maximum absolute atomic E-state index is 4.44. The van der Waals surface area contributed by atoms with Gasteiger partial charge in [0.2, 0.25) is 0 Å². The summed E-state index contributed by atoms with van der Waals surface area (Å²) < 4.78 is 0. The zero-order chi connectivity index (χ0) is 9.80. The van der Waals surface area contributed by atoms with E-state index in [-0.39, 0.29) is 9.52 Å². The van der Waals surface area contributed by atoms with E-state index in [1.54, 1.807) is 0 Å². The number of pyridine rings is 1. The molecule has 0 aliphatic carbocycles. The van der Waals surface area contributed by atoms with Crippen LogP contribution in [0.1, 0.15) is 0 Å². The Bertz CT molecular complexity index is 394. The molecule has 1 aromatic carbocycles. The molecule has 0 saturated heterocycles. The second kappa shape index (κ2) is 4.20. The van der Waals surface area contributed by atoms with E-state index in [9.17, 15) is 0 Å². The minimum atomic E-state index is -0.116. The summed E-state index contributed by atoms with van der Waals surface area (Å²) >= 11 is 0. The zero-order valence-corrected chi connectivity index (χ0v) is 9.69. The molecule has 2 rings (SSSR count). The summed E-state index contributed by atoms with van der Waals surface area (Å²) in [7, 11) is -0.116. The molecule has 2 heteroatoms. The first kappa shape index (κ1) is 9.15. The van der Waals surface area contributed by atoms with Crippen molar-refractivity contribution < 1.29 is 0 Å². The molecule has 0 aliphatic rings. The van der Waals surface area contributed by atoms with E-state index >= 15 is 0 Å². The average Bonchev–Trinajstić information content (AvgIpc) is 2.30. The van der Waals surface area contributed by atoms with Crippen molar-refractivity contribution in [1.82, 2.24) is 4.98 Å². The van der Waals surface area contributed by atoms with Gasteiger partial charge in [0, 0.05) is 11.5 Å². The highest BCUT2D eigenvalue weighted by Gasteiger charge is 1.96. The summed E-state index contributed by atoms with van der Waals surface area (Å²) in [6.07, 6.45) is 1.97. The lowest BCUT2D eigenvalue weighted by Gasteiger charge is -2.01. The number of rotatable bonds is 2. The van der Waals surface area contributed by atoms with E-state index in [0.29, 0.717) is 0 Å². The number of aromatic nitrogens is 1. The lowest BCUT2D eigenvalue weighted by atomic mass is 10.1. The average molecular weight is 199 g/mol. The fourth-order valence-electron chi connectivity index (χ4n) is 1.43. The second-order valence-corrected chi connectivity index (χ2v) is 4.69. The molecule has 1 nitrogen and oxygen atoms in total. The van der Waals surface area contributed by atoms with Crippen molar-refractivity contribution in [3.63, 3.8) is 0 Å². The van der Waals surface area contributed by atoms with Crippen LogP contribution in [0.15, 0.2) is 48.7 Å². The van der Waals surface area contributed by atoms with Crippen LogP contribution >= 0.6 is 0 Å². The molecule has 0 radical (unpaired) electrons. The first-order valence-corrected chi connectivity index (χ1v) is 7.02. The van der Waals surface area contributed by atoms with Gasteiger partial charge in [0.05, 0.1) is 9.52 Å². The third-order valence-electron chi connectivity index (χ3n) is 2.29. The SMILES string of the molecule is C[SiH2]c1ccc(-c2ccccc2)cn1. The highest BCUT2D eigenvalue weighted by molar-refractivity contribution is 6.50. The van der Waals surface area contributed by atoms with Crippen molar-refractivity contribution >= 4 is 14.8 Å². The van der Waals surface area contributed by atoms with Gasteiger partial charge in [0.15, 0.2) is 0 Å². The quantitative estimate of drug-likeness (QED) is 0.669. The van der Waals surface area contributed by atoms with Crippen LogP contribution in [0.3, 0.4) is 0 Å². The van der Waals surface area contributed by atoms with Crippen LogP contribution in [0.25, 0.3) is 11.1 Å². The van der Waals surface area contributed by atoms with Crippen LogP contribution < -0.4 is 5.32 Å². The van der Waals surface area contributed by atoms with E-state index in [2.05, 4.69) is 47.9 Å². The van der Waals surface area contributed by atoms with Crippen molar-refractivity contribution in [2.75, 3.05) is 0 Å². The molecule has 0 fully saturated rings. The monoisotopic (exact) mass is 199 g/mol. The molecule has 0 aliphatic heterocycles. The Morgan fingerprint density at radius 2 is 1.71 bits per heavy atom. The molecule has 1 aromatic heterocycles. The third kappa shape index (κ3) is 1.91. The molecule has 2 aromatic rings. The molecule has 1 heterocycles. The number of hydrogen-bond donors (Lipinski definition) is 0. The normalized spacial score (nSPS) is 10.9. The number of nitrogens with zero attached hydrogens (tertiary/aromatic N) is 1.